The summed E-state index contributed by atoms with van der Waals surface area (Å²) >= 11 is 0. The molecule has 0 radical (unpaired) electrons. The molecular weight excluding hydrogens is 473 g/mol. The number of urea groups is 1. The van der Waals surface area contributed by atoms with Gasteiger partial charge in [-0.25, -0.2) is 18.0 Å². The van der Waals surface area contributed by atoms with E-state index in [2.05, 4.69) is 31.5 Å². The first-order valence-electron chi connectivity index (χ1n) is 10.8. The lowest BCUT2D eigenvalue weighted by atomic mass is 9.94. The van der Waals surface area contributed by atoms with Crippen LogP contribution >= 0.6 is 0 Å². The lowest BCUT2D eigenvalue weighted by Crippen LogP contribution is -2.46. The van der Waals surface area contributed by atoms with Crippen molar-refractivity contribution in [3.05, 3.63) is 94.9 Å². The molecule has 182 valence electrons. The third-order valence-electron chi connectivity index (χ3n) is 5.72. The van der Waals surface area contributed by atoms with Crippen LogP contribution in [0, 0.1) is 17.5 Å². The van der Waals surface area contributed by atoms with E-state index in [0.717, 1.165) is 12.1 Å². The number of aromatic nitrogens is 2. The van der Waals surface area contributed by atoms with E-state index in [0.29, 0.717) is 28.1 Å². The molecule has 1 atom stereocenters. The summed E-state index contributed by atoms with van der Waals surface area (Å²) < 4.78 is 40.6. The van der Waals surface area contributed by atoms with Gasteiger partial charge in [0.1, 0.15) is 5.82 Å². The molecule has 5 rings (SSSR count). The lowest BCUT2D eigenvalue weighted by molar-refractivity contribution is -0.113. The van der Waals surface area contributed by atoms with Gasteiger partial charge >= 0.3 is 6.03 Å². The highest BCUT2D eigenvalue weighted by Gasteiger charge is 2.31. The molecule has 5 N–H and O–H groups in total. The maximum Gasteiger partial charge on any atom is 0.319 e. The lowest BCUT2D eigenvalue weighted by Gasteiger charge is -2.28. The summed E-state index contributed by atoms with van der Waals surface area (Å²) in [5.74, 6) is -2.58. The number of anilines is 3. The Morgan fingerprint density at radius 2 is 1.69 bits per heavy atom. The van der Waals surface area contributed by atoms with E-state index in [-0.39, 0.29) is 22.7 Å². The van der Waals surface area contributed by atoms with E-state index in [1.54, 1.807) is 37.3 Å². The maximum atomic E-state index is 13.9. The van der Waals surface area contributed by atoms with Crippen LogP contribution in [0.5, 0.6) is 0 Å². The average molecular weight is 492 g/mol. The van der Waals surface area contributed by atoms with Crippen LogP contribution in [-0.4, -0.2) is 22.1 Å². The molecule has 0 bridgehead atoms. The second-order valence-electron chi connectivity index (χ2n) is 8.16. The average Bonchev–Trinajstić information content (AvgIpc) is 3.23. The number of carbonyl (C=O) groups is 2. The number of allylic oxidation sites excluding steroid dienone is 1. The van der Waals surface area contributed by atoms with Gasteiger partial charge < -0.3 is 21.3 Å². The van der Waals surface area contributed by atoms with Crippen molar-refractivity contribution in [3.8, 4) is 0 Å². The molecule has 0 aliphatic carbocycles. The second kappa shape index (κ2) is 9.10. The predicted octanol–water partition coefficient (Wildman–Crippen LogP) is 4.99. The van der Waals surface area contributed by atoms with Crippen LogP contribution in [0.2, 0.25) is 0 Å². The number of nitrogens with one attached hydrogen (secondary N) is 5. The van der Waals surface area contributed by atoms with Gasteiger partial charge in [0.15, 0.2) is 17.5 Å². The van der Waals surface area contributed by atoms with Gasteiger partial charge in [-0.2, -0.15) is 5.10 Å². The van der Waals surface area contributed by atoms with Crippen LogP contribution in [0.3, 0.4) is 0 Å². The fourth-order valence-corrected chi connectivity index (χ4v) is 3.99. The van der Waals surface area contributed by atoms with E-state index >= 15 is 0 Å². The van der Waals surface area contributed by atoms with Crippen LogP contribution in [0.1, 0.15) is 18.5 Å². The summed E-state index contributed by atoms with van der Waals surface area (Å²) in [6.07, 6.45) is 0. The Labute approximate surface area is 202 Å². The minimum Gasteiger partial charge on any atom is -0.338 e. The molecule has 2 heterocycles. The zero-order chi connectivity index (χ0) is 25.4. The number of H-pyrrole nitrogens is 1. The Balaban J connectivity index is 1.43. The Morgan fingerprint density at radius 3 is 2.44 bits per heavy atom. The zero-order valence-corrected chi connectivity index (χ0v) is 18.7. The van der Waals surface area contributed by atoms with Crippen LogP contribution in [-0.2, 0) is 4.79 Å². The summed E-state index contributed by atoms with van der Waals surface area (Å²) in [6.45, 7) is 1.55. The fraction of sp³-hybridized carbons (Fsp3) is 0.0800. The first kappa shape index (κ1) is 23.0. The number of hydrogen-bond donors (Lipinski definition) is 5. The van der Waals surface area contributed by atoms with Gasteiger partial charge in [-0.3, -0.25) is 9.89 Å². The van der Waals surface area contributed by atoms with Crippen LogP contribution in [0.25, 0.3) is 10.9 Å². The molecule has 1 aliphatic heterocycles. The number of halogens is 3. The maximum absolute atomic E-state index is 13.9. The van der Waals surface area contributed by atoms with Gasteiger partial charge in [0, 0.05) is 22.5 Å². The van der Waals surface area contributed by atoms with E-state index in [1.807, 2.05) is 0 Å². The Morgan fingerprint density at radius 1 is 0.944 bits per heavy atom. The number of fused-ring (bicyclic) bond motifs is 1. The van der Waals surface area contributed by atoms with Crippen LogP contribution < -0.4 is 21.3 Å². The van der Waals surface area contributed by atoms with Crippen molar-refractivity contribution in [1.82, 2.24) is 20.8 Å². The minimum atomic E-state index is -1.09. The van der Waals surface area contributed by atoms with Gasteiger partial charge in [-0.05, 0) is 67.1 Å². The summed E-state index contributed by atoms with van der Waals surface area (Å²) in [7, 11) is 0. The molecule has 3 aromatic carbocycles. The van der Waals surface area contributed by atoms with Crippen molar-refractivity contribution in [2.24, 2.45) is 0 Å². The van der Waals surface area contributed by atoms with Gasteiger partial charge in [0.25, 0.3) is 5.91 Å². The third-order valence-corrected chi connectivity index (χ3v) is 5.72. The van der Waals surface area contributed by atoms with E-state index in [9.17, 15) is 22.8 Å². The van der Waals surface area contributed by atoms with Gasteiger partial charge in [0.2, 0.25) is 0 Å². The molecular formula is C25H19F3N6O2. The number of aromatic amines is 1. The van der Waals surface area contributed by atoms with Crippen molar-refractivity contribution >= 4 is 40.0 Å². The first-order chi connectivity index (χ1) is 17.3. The highest BCUT2D eigenvalue weighted by Crippen LogP contribution is 2.30. The number of benzene rings is 3. The van der Waals surface area contributed by atoms with Gasteiger partial charge in [-0.1, -0.05) is 6.07 Å². The summed E-state index contributed by atoms with van der Waals surface area (Å²) in [6, 6.07) is 12.5. The van der Waals surface area contributed by atoms with E-state index in [4.69, 9.17) is 0 Å². The standard InChI is InChI=1S/C25H19F3N6O2/c1-12-21(22(32-25(36)29-12)13-2-8-18(27)19(28)10-13)24(35)31-16-7-9-20-17(11-16)23(34-33-20)30-15-5-3-14(26)4-6-15/h2-11,22H,1H3,(H,31,35)(H2,29,32,36)(H2,30,33,34). The topological polar surface area (TPSA) is 111 Å². The summed E-state index contributed by atoms with van der Waals surface area (Å²) in [5.41, 5.74) is 2.37. The number of amides is 3. The second-order valence-corrected chi connectivity index (χ2v) is 8.16. The fourth-order valence-electron chi connectivity index (χ4n) is 3.99. The Kier molecular flexibility index (Phi) is 5.80. The molecule has 36 heavy (non-hydrogen) atoms. The highest BCUT2D eigenvalue weighted by molar-refractivity contribution is 6.08. The molecule has 0 spiro atoms. The number of nitrogens with zero attached hydrogens (tertiary/aromatic N) is 1. The van der Waals surface area contributed by atoms with Crippen molar-refractivity contribution < 1.29 is 22.8 Å². The molecule has 0 fully saturated rings. The molecule has 4 aromatic rings. The quantitative estimate of drug-likeness (QED) is 0.270. The predicted molar refractivity (Wildman–Crippen MR) is 128 cm³/mol. The van der Waals surface area contributed by atoms with Crippen molar-refractivity contribution in [1.29, 1.82) is 0 Å². The van der Waals surface area contributed by atoms with Crippen molar-refractivity contribution in [3.63, 3.8) is 0 Å². The van der Waals surface area contributed by atoms with Crippen LogP contribution in [0.4, 0.5) is 35.2 Å². The molecule has 1 aromatic heterocycles. The summed E-state index contributed by atoms with van der Waals surface area (Å²) in [5, 5.41) is 18.8. The normalized spacial score (nSPS) is 15.4. The number of hydrogen-bond acceptors (Lipinski definition) is 4. The van der Waals surface area contributed by atoms with Crippen molar-refractivity contribution in [2.45, 2.75) is 13.0 Å². The van der Waals surface area contributed by atoms with E-state index in [1.165, 1.54) is 18.2 Å². The number of carbonyl (C=O) groups excluding carboxylic acids is 2. The molecule has 0 saturated carbocycles. The SMILES string of the molecule is CC1=C(C(=O)Nc2ccc3[nH]nc(Nc4ccc(F)cc4)c3c2)C(c2ccc(F)c(F)c2)NC(=O)N1. The minimum absolute atomic E-state index is 0.137. The molecule has 1 aliphatic rings. The van der Waals surface area contributed by atoms with Crippen molar-refractivity contribution in [2.75, 3.05) is 10.6 Å². The first-order valence-corrected chi connectivity index (χ1v) is 10.8. The van der Waals surface area contributed by atoms with Gasteiger partial charge in [-0.15, -0.1) is 0 Å². The molecule has 11 heteroatoms. The van der Waals surface area contributed by atoms with E-state index < -0.39 is 29.6 Å². The smallest absolute Gasteiger partial charge is 0.319 e. The Hall–Kier alpha value is -4.80. The molecule has 8 nitrogen and oxygen atoms in total. The summed E-state index contributed by atoms with van der Waals surface area (Å²) in [4.78, 5) is 25.4. The molecule has 1 unspecified atom stereocenters. The monoisotopic (exact) mass is 492 g/mol. The zero-order valence-electron chi connectivity index (χ0n) is 18.7. The van der Waals surface area contributed by atoms with Crippen LogP contribution in [0.15, 0.2) is 71.9 Å². The third kappa shape index (κ3) is 4.45. The van der Waals surface area contributed by atoms with Gasteiger partial charge in [0.05, 0.1) is 17.1 Å². The molecule has 3 amide bonds. The molecule has 0 saturated heterocycles. The largest absolute Gasteiger partial charge is 0.338 e. The highest BCUT2D eigenvalue weighted by atomic mass is 19.2. The Bertz CT molecular complexity index is 1530. The number of rotatable bonds is 5.